The molecule has 1 atom stereocenters. The zero-order valence-electron chi connectivity index (χ0n) is 14.0. The Hall–Kier alpha value is -2.76. The number of aromatic nitrogens is 2. The third-order valence-corrected chi connectivity index (χ3v) is 4.21. The minimum atomic E-state index is -0.229. The fourth-order valence-corrected chi connectivity index (χ4v) is 2.94. The lowest BCUT2D eigenvalue weighted by atomic mass is 9.82. The van der Waals surface area contributed by atoms with Gasteiger partial charge in [-0.15, -0.1) is 0 Å². The van der Waals surface area contributed by atoms with Crippen molar-refractivity contribution in [3.05, 3.63) is 47.3 Å². The Morgan fingerprint density at radius 3 is 2.54 bits per heavy atom. The fraction of sp³-hybridized carbons (Fsp3) is 0.333. The third kappa shape index (κ3) is 3.27. The molecule has 1 aromatic heterocycles. The predicted octanol–water partition coefficient (Wildman–Crippen LogP) is 2.41. The number of amides is 1. The lowest BCUT2D eigenvalue weighted by Gasteiger charge is -2.24. The van der Waals surface area contributed by atoms with Gasteiger partial charge in [0.15, 0.2) is 5.78 Å². The van der Waals surface area contributed by atoms with Crippen LogP contribution in [0.1, 0.15) is 40.9 Å². The number of Topliss-reactive ketones (excluding diaryl/α,β-unsaturated/α-hetero) is 1. The molecule has 6 heteroatoms. The number of nitrogens with zero attached hydrogens (tertiary/aromatic N) is 3. The number of hydrogen-bond donors (Lipinski definition) is 1. The zero-order valence-corrected chi connectivity index (χ0v) is 14.0. The minimum Gasteiger partial charge on any atom is -0.378 e. The van der Waals surface area contributed by atoms with Crippen molar-refractivity contribution >= 4 is 23.3 Å². The summed E-state index contributed by atoms with van der Waals surface area (Å²) >= 11 is 0. The van der Waals surface area contributed by atoms with Crippen molar-refractivity contribution in [3.63, 3.8) is 0 Å². The highest BCUT2D eigenvalue weighted by Gasteiger charge is 2.28. The molecular weight excluding hydrogens is 304 g/mol. The number of hydrogen-bond acceptors (Lipinski definition) is 5. The first-order valence-corrected chi connectivity index (χ1v) is 7.88. The molecule has 0 spiro atoms. The number of fused-ring (bicyclic) bond motifs is 1. The molecule has 0 saturated heterocycles. The van der Waals surface area contributed by atoms with Crippen molar-refractivity contribution < 1.29 is 9.59 Å². The SMILES string of the molecule is CC(=O)Nc1ncc2c(n1)C[C@@H](c1ccc(N(C)C)cc1)CC2=O. The summed E-state index contributed by atoms with van der Waals surface area (Å²) in [6.45, 7) is 1.41. The Kier molecular flexibility index (Phi) is 4.29. The summed E-state index contributed by atoms with van der Waals surface area (Å²) in [5, 5.41) is 2.57. The van der Waals surface area contributed by atoms with Crippen LogP contribution in [0.25, 0.3) is 0 Å². The van der Waals surface area contributed by atoms with Crippen LogP contribution in [-0.2, 0) is 11.2 Å². The summed E-state index contributed by atoms with van der Waals surface area (Å²) in [4.78, 5) is 34.0. The molecule has 0 saturated carbocycles. The highest BCUT2D eigenvalue weighted by molar-refractivity contribution is 5.98. The number of benzene rings is 1. The van der Waals surface area contributed by atoms with Gasteiger partial charge in [0.2, 0.25) is 11.9 Å². The normalized spacial score (nSPS) is 16.5. The van der Waals surface area contributed by atoms with Crippen LogP contribution < -0.4 is 10.2 Å². The third-order valence-electron chi connectivity index (χ3n) is 4.21. The summed E-state index contributed by atoms with van der Waals surface area (Å²) in [7, 11) is 3.99. The van der Waals surface area contributed by atoms with E-state index >= 15 is 0 Å². The van der Waals surface area contributed by atoms with Gasteiger partial charge < -0.3 is 4.90 Å². The highest BCUT2D eigenvalue weighted by Crippen LogP contribution is 2.32. The van der Waals surface area contributed by atoms with Gasteiger partial charge in [-0.2, -0.15) is 0 Å². The molecule has 6 nitrogen and oxygen atoms in total. The van der Waals surface area contributed by atoms with E-state index < -0.39 is 0 Å². The van der Waals surface area contributed by atoms with E-state index in [4.69, 9.17) is 0 Å². The van der Waals surface area contributed by atoms with E-state index in [9.17, 15) is 9.59 Å². The Morgan fingerprint density at radius 1 is 1.21 bits per heavy atom. The first-order valence-electron chi connectivity index (χ1n) is 7.88. The molecule has 1 aliphatic carbocycles. The second-order valence-electron chi connectivity index (χ2n) is 6.25. The molecule has 124 valence electrons. The number of anilines is 2. The summed E-state index contributed by atoms with van der Waals surface area (Å²) in [5.74, 6) is 0.166. The number of nitrogens with one attached hydrogen (secondary N) is 1. The van der Waals surface area contributed by atoms with Gasteiger partial charge in [-0.05, 0) is 30.0 Å². The van der Waals surface area contributed by atoms with Crippen LogP contribution in [0, 0.1) is 0 Å². The average Bonchev–Trinajstić information content (AvgIpc) is 2.54. The topological polar surface area (TPSA) is 75.2 Å². The lowest BCUT2D eigenvalue weighted by molar-refractivity contribution is -0.114. The summed E-state index contributed by atoms with van der Waals surface area (Å²) in [6.07, 6.45) is 2.63. The van der Waals surface area contributed by atoms with E-state index in [0.717, 1.165) is 11.3 Å². The number of carbonyl (C=O) groups is 2. The van der Waals surface area contributed by atoms with Crippen LogP contribution in [0.5, 0.6) is 0 Å². The van der Waals surface area contributed by atoms with Gasteiger partial charge in [0.1, 0.15) is 0 Å². The van der Waals surface area contributed by atoms with Crippen LogP contribution in [-0.4, -0.2) is 35.8 Å². The number of carbonyl (C=O) groups excluding carboxylic acids is 2. The monoisotopic (exact) mass is 324 g/mol. The molecule has 1 aliphatic rings. The summed E-state index contributed by atoms with van der Waals surface area (Å²) < 4.78 is 0. The lowest BCUT2D eigenvalue weighted by Crippen LogP contribution is -2.22. The van der Waals surface area contributed by atoms with Crippen molar-refractivity contribution in [2.75, 3.05) is 24.3 Å². The molecule has 0 radical (unpaired) electrons. The van der Waals surface area contributed by atoms with Crippen molar-refractivity contribution in [2.24, 2.45) is 0 Å². The van der Waals surface area contributed by atoms with Gasteiger partial charge in [-0.3, -0.25) is 14.9 Å². The van der Waals surface area contributed by atoms with Crippen molar-refractivity contribution in [1.29, 1.82) is 0 Å². The predicted molar refractivity (Wildman–Crippen MR) is 92.5 cm³/mol. The van der Waals surface area contributed by atoms with E-state index in [1.165, 1.54) is 13.1 Å². The van der Waals surface area contributed by atoms with Crippen LogP contribution in [0.2, 0.25) is 0 Å². The average molecular weight is 324 g/mol. The van der Waals surface area contributed by atoms with Crippen LogP contribution >= 0.6 is 0 Å². The van der Waals surface area contributed by atoms with E-state index in [-0.39, 0.29) is 23.6 Å². The quantitative estimate of drug-likeness (QED) is 0.938. The maximum atomic E-state index is 12.4. The second-order valence-corrected chi connectivity index (χ2v) is 6.25. The van der Waals surface area contributed by atoms with E-state index in [1.54, 1.807) is 0 Å². The van der Waals surface area contributed by atoms with Gasteiger partial charge >= 0.3 is 0 Å². The molecule has 0 fully saturated rings. The Balaban J connectivity index is 1.87. The maximum Gasteiger partial charge on any atom is 0.229 e. The molecule has 1 N–H and O–H groups in total. The van der Waals surface area contributed by atoms with Crippen molar-refractivity contribution in [1.82, 2.24) is 9.97 Å². The molecule has 0 bridgehead atoms. The highest BCUT2D eigenvalue weighted by atomic mass is 16.1. The first kappa shape index (κ1) is 16.1. The van der Waals surface area contributed by atoms with Crippen LogP contribution in [0.4, 0.5) is 11.6 Å². The number of rotatable bonds is 3. The molecule has 3 rings (SSSR count). The zero-order chi connectivity index (χ0) is 17.3. The number of ketones is 1. The molecule has 1 amide bonds. The molecule has 24 heavy (non-hydrogen) atoms. The molecular formula is C18H20N4O2. The second kappa shape index (κ2) is 6.39. The van der Waals surface area contributed by atoms with Gasteiger partial charge in [0.05, 0.1) is 11.3 Å². The van der Waals surface area contributed by atoms with E-state index in [1.807, 2.05) is 19.0 Å². The van der Waals surface area contributed by atoms with E-state index in [0.29, 0.717) is 24.1 Å². The fourth-order valence-electron chi connectivity index (χ4n) is 2.94. The van der Waals surface area contributed by atoms with Gasteiger partial charge in [0, 0.05) is 39.3 Å². The molecule has 1 aromatic carbocycles. The summed E-state index contributed by atoms with van der Waals surface area (Å²) in [6, 6.07) is 8.23. The largest absolute Gasteiger partial charge is 0.378 e. The van der Waals surface area contributed by atoms with Gasteiger partial charge in [0.25, 0.3) is 0 Å². The Bertz CT molecular complexity index is 784. The van der Waals surface area contributed by atoms with Gasteiger partial charge in [-0.25, -0.2) is 9.97 Å². The Morgan fingerprint density at radius 2 is 1.92 bits per heavy atom. The standard InChI is InChI=1S/C18H20N4O2/c1-11(23)20-18-19-10-15-16(21-18)8-13(9-17(15)24)12-4-6-14(7-5-12)22(2)3/h4-7,10,13H,8-9H2,1-3H3,(H,19,20,21,23)/t13-/m1/s1. The molecule has 0 aliphatic heterocycles. The minimum absolute atomic E-state index is 0.0484. The first-order chi connectivity index (χ1) is 11.4. The van der Waals surface area contributed by atoms with Crippen LogP contribution in [0.15, 0.2) is 30.5 Å². The van der Waals surface area contributed by atoms with Crippen molar-refractivity contribution in [3.8, 4) is 0 Å². The van der Waals surface area contributed by atoms with Crippen LogP contribution in [0.3, 0.4) is 0 Å². The molecule has 0 unspecified atom stereocenters. The summed E-state index contributed by atoms with van der Waals surface area (Å²) in [5.41, 5.74) is 3.51. The van der Waals surface area contributed by atoms with Crippen molar-refractivity contribution in [2.45, 2.75) is 25.7 Å². The molecule has 1 heterocycles. The van der Waals surface area contributed by atoms with E-state index in [2.05, 4.69) is 39.6 Å². The molecule has 2 aromatic rings. The maximum absolute atomic E-state index is 12.4. The van der Waals surface area contributed by atoms with Gasteiger partial charge in [-0.1, -0.05) is 12.1 Å². The Labute approximate surface area is 140 Å². The smallest absolute Gasteiger partial charge is 0.229 e.